The van der Waals surface area contributed by atoms with Gasteiger partial charge >= 0.3 is 0 Å². The van der Waals surface area contributed by atoms with Crippen LogP contribution in [0.5, 0.6) is 0 Å². The Bertz CT molecular complexity index is 597. The number of benzene rings is 1. The zero-order chi connectivity index (χ0) is 14.7. The first-order valence-corrected chi connectivity index (χ1v) is 7.44. The van der Waals surface area contributed by atoms with Gasteiger partial charge in [0.1, 0.15) is 0 Å². The van der Waals surface area contributed by atoms with E-state index in [-0.39, 0.29) is 0 Å². The van der Waals surface area contributed by atoms with E-state index in [4.69, 9.17) is 5.10 Å². The summed E-state index contributed by atoms with van der Waals surface area (Å²) in [6, 6.07) is 6.56. The standard InChI is InChI=1S/C17H25N3/c1-6-15-14(11-18-5)16(7-2)20(19-15)17-9-8-12(3)10-13(17)4/h8-10,18H,6-7,11H2,1-5H3. The van der Waals surface area contributed by atoms with Gasteiger partial charge in [0.15, 0.2) is 0 Å². The molecule has 1 aromatic carbocycles. The quantitative estimate of drug-likeness (QED) is 0.904. The molecule has 0 saturated heterocycles. The fourth-order valence-electron chi connectivity index (χ4n) is 2.81. The van der Waals surface area contributed by atoms with E-state index in [0.29, 0.717) is 0 Å². The Hall–Kier alpha value is -1.61. The zero-order valence-electron chi connectivity index (χ0n) is 13.2. The third-order valence-electron chi connectivity index (χ3n) is 3.78. The van der Waals surface area contributed by atoms with Crippen molar-refractivity contribution in [3.8, 4) is 5.69 Å². The molecule has 1 aromatic heterocycles. The Labute approximate surface area is 122 Å². The van der Waals surface area contributed by atoms with E-state index < -0.39 is 0 Å². The number of nitrogens with zero attached hydrogens (tertiary/aromatic N) is 2. The molecule has 0 aliphatic rings. The lowest BCUT2D eigenvalue weighted by atomic mass is 10.1. The summed E-state index contributed by atoms with van der Waals surface area (Å²) in [5.74, 6) is 0. The van der Waals surface area contributed by atoms with Gasteiger partial charge in [-0.05, 0) is 45.4 Å². The molecule has 0 saturated carbocycles. The van der Waals surface area contributed by atoms with Crippen LogP contribution in [0.1, 0.15) is 41.9 Å². The first-order valence-electron chi connectivity index (χ1n) is 7.44. The van der Waals surface area contributed by atoms with Crippen molar-refractivity contribution in [2.45, 2.75) is 47.1 Å². The summed E-state index contributed by atoms with van der Waals surface area (Å²) in [4.78, 5) is 0. The van der Waals surface area contributed by atoms with Crippen LogP contribution >= 0.6 is 0 Å². The van der Waals surface area contributed by atoms with Crippen LogP contribution in [-0.2, 0) is 19.4 Å². The van der Waals surface area contributed by atoms with E-state index in [0.717, 1.165) is 19.4 Å². The van der Waals surface area contributed by atoms with Gasteiger partial charge < -0.3 is 5.32 Å². The molecule has 0 atom stereocenters. The van der Waals surface area contributed by atoms with E-state index >= 15 is 0 Å². The summed E-state index contributed by atoms with van der Waals surface area (Å²) in [7, 11) is 1.99. The predicted molar refractivity (Wildman–Crippen MR) is 84.6 cm³/mol. The molecule has 0 amide bonds. The predicted octanol–water partition coefficient (Wildman–Crippen LogP) is 3.33. The average molecular weight is 271 g/mol. The minimum atomic E-state index is 0.886. The van der Waals surface area contributed by atoms with Crippen LogP contribution in [-0.4, -0.2) is 16.8 Å². The van der Waals surface area contributed by atoms with Crippen LogP contribution in [0.15, 0.2) is 18.2 Å². The van der Waals surface area contributed by atoms with Crippen LogP contribution in [0.2, 0.25) is 0 Å². The van der Waals surface area contributed by atoms with Crippen molar-refractivity contribution in [3.05, 3.63) is 46.3 Å². The first-order chi connectivity index (χ1) is 9.62. The first kappa shape index (κ1) is 14.8. The zero-order valence-corrected chi connectivity index (χ0v) is 13.2. The lowest BCUT2D eigenvalue weighted by molar-refractivity contribution is 0.776. The highest BCUT2D eigenvalue weighted by atomic mass is 15.3. The summed E-state index contributed by atoms with van der Waals surface area (Å²) in [5.41, 5.74) is 7.66. The second-order valence-corrected chi connectivity index (χ2v) is 5.31. The fourth-order valence-corrected chi connectivity index (χ4v) is 2.81. The molecule has 20 heavy (non-hydrogen) atoms. The SMILES string of the molecule is CCc1nn(-c2ccc(C)cc2C)c(CC)c1CNC. The Morgan fingerprint density at radius 2 is 1.90 bits per heavy atom. The average Bonchev–Trinajstić information content (AvgIpc) is 2.77. The van der Waals surface area contributed by atoms with Crippen molar-refractivity contribution in [2.24, 2.45) is 0 Å². The van der Waals surface area contributed by atoms with Crippen LogP contribution in [0.3, 0.4) is 0 Å². The maximum atomic E-state index is 4.86. The molecule has 0 bridgehead atoms. The summed E-state index contributed by atoms with van der Waals surface area (Å²) in [5, 5.41) is 8.12. The molecule has 0 fully saturated rings. The summed E-state index contributed by atoms with van der Waals surface area (Å²) >= 11 is 0. The number of hydrogen-bond donors (Lipinski definition) is 1. The molecular weight excluding hydrogens is 246 g/mol. The largest absolute Gasteiger partial charge is 0.316 e. The third kappa shape index (κ3) is 2.63. The maximum Gasteiger partial charge on any atom is 0.0678 e. The highest BCUT2D eigenvalue weighted by Gasteiger charge is 2.16. The second kappa shape index (κ2) is 6.23. The molecule has 0 unspecified atom stereocenters. The smallest absolute Gasteiger partial charge is 0.0678 e. The van der Waals surface area contributed by atoms with E-state index in [1.165, 1.54) is 33.8 Å². The minimum Gasteiger partial charge on any atom is -0.316 e. The normalized spacial score (nSPS) is 11.1. The van der Waals surface area contributed by atoms with Crippen LogP contribution in [0.4, 0.5) is 0 Å². The lowest BCUT2D eigenvalue weighted by Gasteiger charge is -2.11. The summed E-state index contributed by atoms with van der Waals surface area (Å²) < 4.78 is 2.14. The Morgan fingerprint density at radius 1 is 1.15 bits per heavy atom. The van der Waals surface area contributed by atoms with E-state index in [9.17, 15) is 0 Å². The van der Waals surface area contributed by atoms with Crippen LogP contribution in [0, 0.1) is 13.8 Å². The number of nitrogens with one attached hydrogen (secondary N) is 1. The summed E-state index contributed by atoms with van der Waals surface area (Å²) in [6.45, 7) is 9.55. The van der Waals surface area contributed by atoms with Gasteiger partial charge in [0.05, 0.1) is 11.4 Å². The monoisotopic (exact) mass is 271 g/mol. The van der Waals surface area contributed by atoms with Gasteiger partial charge in [-0.3, -0.25) is 0 Å². The molecule has 3 nitrogen and oxygen atoms in total. The van der Waals surface area contributed by atoms with Gasteiger partial charge in [0.25, 0.3) is 0 Å². The van der Waals surface area contributed by atoms with Gasteiger partial charge in [-0.25, -0.2) is 4.68 Å². The molecule has 0 spiro atoms. The van der Waals surface area contributed by atoms with Crippen molar-refractivity contribution in [2.75, 3.05) is 7.05 Å². The number of aromatic nitrogens is 2. The topological polar surface area (TPSA) is 29.9 Å². The molecule has 1 N–H and O–H groups in total. The molecule has 108 valence electrons. The number of hydrogen-bond acceptors (Lipinski definition) is 2. The molecule has 0 aliphatic carbocycles. The maximum absolute atomic E-state index is 4.86. The Morgan fingerprint density at radius 3 is 2.45 bits per heavy atom. The van der Waals surface area contributed by atoms with Crippen molar-refractivity contribution in [1.29, 1.82) is 0 Å². The van der Waals surface area contributed by atoms with Gasteiger partial charge in [-0.15, -0.1) is 0 Å². The Balaban J connectivity index is 2.61. The third-order valence-corrected chi connectivity index (χ3v) is 3.78. The molecule has 0 aliphatic heterocycles. The molecule has 1 heterocycles. The van der Waals surface area contributed by atoms with Crippen LogP contribution in [0.25, 0.3) is 5.69 Å². The lowest BCUT2D eigenvalue weighted by Crippen LogP contribution is -2.09. The van der Waals surface area contributed by atoms with Gasteiger partial charge in [0.2, 0.25) is 0 Å². The highest BCUT2D eigenvalue weighted by molar-refractivity contribution is 5.45. The van der Waals surface area contributed by atoms with Gasteiger partial charge in [0, 0.05) is 17.8 Å². The van der Waals surface area contributed by atoms with E-state index in [1.807, 2.05) is 7.05 Å². The van der Waals surface area contributed by atoms with Crippen molar-refractivity contribution < 1.29 is 0 Å². The van der Waals surface area contributed by atoms with Crippen LogP contribution < -0.4 is 5.32 Å². The van der Waals surface area contributed by atoms with Gasteiger partial charge in [-0.2, -0.15) is 5.10 Å². The highest BCUT2D eigenvalue weighted by Crippen LogP contribution is 2.23. The molecule has 0 radical (unpaired) electrons. The fraction of sp³-hybridized carbons (Fsp3) is 0.471. The molecule has 2 rings (SSSR count). The molecule has 2 aromatic rings. The molecule has 3 heteroatoms. The van der Waals surface area contributed by atoms with E-state index in [2.05, 4.69) is 55.9 Å². The Kier molecular flexibility index (Phi) is 4.61. The van der Waals surface area contributed by atoms with Gasteiger partial charge in [-0.1, -0.05) is 31.5 Å². The number of rotatable bonds is 5. The number of aryl methyl sites for hydroxylation is 3. The molecular formula is C17H25N3. The summed E-state index contributed by atoms with van der Waals surface area (Å²) in [6.07, 6.45) is 1.97. The second-order valence-electron chi connectivity index (χ2n) is 5.31. The van der Waals surface area contributed by atoms with Crippen molar-refractivity contribution in [3.63, 3.8) is 0 Å². The minimum absolute atomic E-state index is 0.886. The van der Waals surface area contributed by atoms with E-state index in [1.54, 1.807) is 0 Å². The van der Waals surface area contributed by atoms with Crippen molar-refractivity contribution >= 4 is 0 Å². The van der Waals surface area contributed by atoms with Crippen molar-refractivity contribution in [1.82, 2.24) is 15.1 Å².